The summed E-state index contributed by atoms with van der Waals surface area (Å²) in [5.41, 5.74) is 2.25. The molecule has 0 radical (unpaired) electrons. The highest BCUT2D eigenvalue weighted by atomic mass is 16.5. The maximum atomic E-state index is 12.2. The number of imidazole rings is 1. The van der Waals surface area contributed by atoms with Gasteiger partial charge in [-0.1, -0.05) is 44.2 Å². The van der Waals surface area contributed by atoms with E-state index in [1.54, 1.807) is 10.9 Å². The van der Waals surface area contributed by atoms with E-state index in [2.05, 4.69) is 19.9 Å². The molecule has 208 valence electrons. The van der Waals surface area contributed by atoms with Gasteiger partial charge in [-0.25, -0.2) is 14.8 Å². The van der Waals surface area contributed by atoms with Crippen LogP contribution in [0.1, 0.15) is 62.6 Å². The number of rotatable bonds is 8. The van der Waals surface area contributed by atoms with Crippen molar-refractivity contribution in [1.82, 2.24) is 29.1 Å². The fourth-order valence-corrected chi connectivity index (χ4v) is 4.62. The summed E-state index contributed by atoms with van der Waals surface area (Å²) in [6.07, 6.45) is 4.67. The lowest BCUT2D eigenvalue weighted by Crippen LogP contribution is -2.36. The first-order valence-electron chi connectivity index (χ1n) is 13.0. The lowest BCUT2D eigenvalue weighted by molar-refractivity contribution is -0.0207. The number of hydrogen-bond donors (Lipinski definition) is 3. The molecule has 3 N–H and O–H groups in total. The molecule has 0 saturated carbocycles. The molecule has 12 nitrogen and oxygen atoms in total. The van der Waals surface area contributed by atoms with E-state index in [1.165, 1.54) is 10.9 Å². The van der Waals surface area contributed by atoms with E-state index in [0.29, 0.717) is 29.8 Å². The third kappa shape index (κ3) is 6.41. The van der Waals surface area contributed by atoms with E-state index in [-0.39, 0.29) is 42.7 Å². The Labute approximate surface area is 224 Å². The van der Waals surface area contributed by atoms with Crippen molar-refractivity contribution in [2.45, 2.75) is 65.0 Å². The molecular formula is C27H34N6O6. The lowest BCUT2D eigenvalue weighted by Gasteiger charge is -2.18. The molecule has 3 aromatic heterocycles. The summed E-state index contributed by atoms with van der Waals surface area (Å²) in [4.78, 5) is 48.8. The Kier molecular flexibility index (Phi) is 9.23. The van der Waals surface area contributed by atoms with Gasteiger partial charge in [-0.15, -0.1) is 0 Å². The first kappa shape index (κ1) is 28.1. The predicted molar refractivity (Wildman–Crippen MR) is 145 cm³/mol. The van der Waals surface area contributed by atoms with Crippen LogP contribution in [0.15, 0.2) is 57.4 Å². The number of H-pyrrole nitrogens is 2. The Hall–Kier alpha value is -3.87. The molecule has 12 heteroatoms. The number of nitrogens with zero attached hydrogens (tertiary/aromatic N) is 4. The van der Waals surface area contributed by atoms with Crippen LogP contribution in [0.25, 0.3) is 11.2 Å². The van der Waals surface area contributed by atoms with Crippen molar-refractivity contribution < 1.29 is 14.6 Å². The van der Waals surface area contributed by atoms with Gasteiger partial charge in [0, 0.05) is 24.3 Å². The Balaban J connectivity index is 0.000000186. The Morgan fingerprint density at radius 2 is 1.90 bits per heavy atom. The molecule has 0 spiro atoms. The number of benzene rings is 1. The highest BCUT2D eigenvalue weighted by Gasteiger charge is 2.27. The maximum Gasteiger partial charge on any atom is 0.330 e. The standard InChI is InChI=1S/C17H22N2O3.C10H12N4O3/c1-4-22-11-19-14(10-13-8-6-5-7-9-13)15(12(2)3)16(20)18-17(19)21;15-3-6-1-2-7(17-6)14-5-13-8-9(14)11-4-12-10(8)16/h5-9,12H,4,10-11H2,1-3H3,(H,18,20,21);4-7,15H,1-3H2,(H,11,12,16)/t;6-,7+/m.0/s1. The molecule has 5 rings (SSSR count). The molecule has 1 aliphatic heterocycles. The zero-order chi connectivity index (χ0) is 27.9. The van der Waals surface area contributed by atoms with Crippen LogP contribution in [-0.4, -0.2) is 53.5 Å². The smallest absolute Gasteiger partial charge is 0.330 e. The Morgan fingerprint density at radius 1 is 1.13 bits per heavy atom. The van der Waals surface area contributed by atoms with Gasteiger partial charge in [-0.05, 0) is 31.2 Å². The number of aliphatic hydroxyl groups is 1. The van der Waals surface area contributed by atoms with Gasteiger partial charge in [0.1, 0.15) is 13.0 Å². The zero-order valence-electron chi connectivity index (χ0n) is 22.3. The highest BCUT2D eigenvalue weighted by Crippen LogP contribution is 2.29. The average Bonchev–Trinajstić information content (AvgIpc) is 3.57. The van der Waals surface area contributed by atoms with Crippen LogP contribution < -0.4 is 16.8 Å². The molecule has 0 amide bonds. The molecule has 0 aliphatic carbocycles. The van der Waals surface area contributed by atoms with Crippen LogP contribution in [0.4, 0.5) is 0 Å². The molecule has 0 unspecified atom stereocenters. The highest BCUT2D eigenvalue weighted by molar-refractivity contribution is 5.68. The van der Waals surface area contributed by atoms with Crippen molar-refractivity contribution in [3.63, 3.8) is 0 Å². The minimum Gasteiger partial charge on any atom is -0.394 e. The fraction of sp³-hybridized carbons (Fsp3) is 0.444. The van der Waals surface area contributed by atoms with Gasteiger partial charge in [0.15, 0.2) is 11.2 Å². The molecule has 1 aromatic carbocycles. The summed E-state index contributed by atoms with van der Waals surface area (Å²) in [7, 11) is 0. The van der Waals surface area contributed by atoms with E-state index in [1.807, 2.05) is 51.1 Å². The van der Waals surface area contributed by atoms with Gasteiger partial charge in [-0.3, -0.25) is 23.7 Å². The molecule has 1 aliphatic rings. The van der Waals surface area contributed by atoms with E-state index in [0.717, 1.165) is 24.1 Å². The number of aromatic amines is 2. The van der Waals surface area contributed by atoms with Crippen molar-refractivity contribution in [3.05, 3.63) is 91.0 Å². The monoisotopic (exact) mass is 538 g/mol. The van der Waals surface area contributed by atoms with Crippen molar-refractivity contribution in [1.29, 1.82) is 0 Å². The maximum absolute atomic E-state index is 12.2. The van der Waals surface area contributed by atoms with Crippen molar-refractivity contribution in [2.75, 3.05) is 13.2 Å². The number of aliphatic hydroxyl groups excluding tert-OH is 1. The third-order valence-corrected chi connectivity index (χ3v) is 6.53. The van der Waals surface area contributed by atoms with Crippen molar-refractivity contribution >= 4 is 11.2 Å². The van der Waals surface area contributed by atoms with Gasteiger partial charge >= 0.3 is 5.69 Å². The first-order chi connectivity index (χ1) is 18.8. The topological polar surface area (TPSA) is 157 Å². The molecule has 2 atom stereocenters. The summed E-state index contributed by atoms with van der Waals surface area (Å²) in [5.74, 6) is 0.0240. The van der Waals surface area contributed by atoms with Crippen LogP contribution in [0.2, 0.25) is 0 Å². The number of fused-ring (bicyclic) bond motifs is 1. The van der Waals surface area contributed by atoms with Crippen LogP contribution in [0.3, 0.4) is 0 Å². The summed E-state index contributed by atoms with van der Waals surface area (Å²) in [5, 5.41) is 9.02. The lowest BCUT2D eigenvalue weighted by atomic mass is 9.98. The molecule has 4 aromatic rings. The number of ether oxygens (including phenoxy) is 2. The second kappa shape index (κ2) is 12.8. The number of hydrogen-bond acceptors (Lipinski definition) is 8. The Morgan fingerprint density at radius 3 is 2.56 bits per heavy atom. The largest absolute Gasteiger partial charge is 0.394 e. The van der Waals surface area contributed by atoms with E-state index >= 15 is 0 Å². The molecule has 0 bridgehead atoms. The molecular weight excluding hydrogens is 504 g/mol. The SMILES string of the molecule is CCOCn1c(Cc2ccccc2)c(C(C)C)c(=O)[nH]c1=O.O=c1[nH]cnc2c1ncn2[C@H]1CC[C@@H](CO)O1. The van der Waals surface area contributed by atoms with Gasteiger partial charge < -0.3 is 19.6 Å². The fourth-order valence-electron chi connectivity index (χ4n) is 4.62. The summed E-state index contributed by atoms with van der Waals surface area (Å²) in [6, 6.07) is 9.81. The minimum absolute atomic E-state index is 0.0111. The van der Waals surface area contributed by atoms with Crippen LogP contribution in [-0.2, 0) is 22.6 Å². The third-order valence-electron chi connectivity index (χ3n) is 6.53. The number of aromatic nitrogens is 6. The van der Waals surface area contributed by atoms with E-state index in [9.17, 15) is 14.4 Å². The van der Waals surface area contributed by atoms with E-state index in [4.69, 9.17) is 14.6 Å². The van der Waals surface area contributed by atoms with Crippen molar-refractivity contribution in [2.24, 2.45) is 0 Å². The average molecular weight is 539 g/mol. The first-order valence-corrected chi connectivity index (χ1v) is 13.0. The second-order valence-electron chi connectivity index (χ2n) is 9.52. The Bertz CT molecular complexity index is 1560. The molecule has 39 heavy (non-hydrogen) atoms. The van der Waals surface area contributed by atoms with E-state index < -0.39 is 5.69 Å². The quantitative estimate of drug-likeness (QED) is 0.308. The second-order valence-corrected chi connectivity index (χ2v) is 9.52. The summed E-state index contributed by atoms with van der Waals surface area (Å²) < 4.78 is 14.3. The van der Waals surface area contributed by atoms with Gasteiger partial charge in [-0.2, -0.15) is 0 Å². The van der Waals surface area contributed by atoms with Gasteiger partial charge in [0.05, 0.1) is 25.4 Å². The molecule has 4 heterocycles. The summed E-state index contributed by atoms with van der Waals surface area (Å²) in [6.45, 7) is 6.44. The molecule has 1 saturated heterocycles. The minimum atomic E-state index is -0.422. The van der Waals surface area contributed by atoms with Gasteiger partial charge in [0.2, 0.25) is 0 Å². The van der Waals surface area contributed by atoms with Gasteiger partial charge in [0.25, 0.3) is 11.1 Å². The van der Waals surface area contributed by atoms with Crippen LogP contribution in [0.5, 0.6) is 0 Å². The molecule has 1 fully saturated rings. The summed E-state index contributed by atoms with van der Waals surface area (Å²) >= 11 is 0. The predicted octanol–water partition coefficient (Wildman–Crippen LogP) is 2.03. The zero-order valence-corrected chi connectivity index (χ0v) is 22.3. The van der Waals surface area contributed by atoms with Crippen LogP contribution >= 0.6 is 0 Å². The van der Waals surface area contributed by atoms with Crippen LogP contribution in [0, 0.1) is 0 Å². The normalized spacial score (nSPS) is 16.9. The number of nitrogens with one attached hydrogen (secondary N) is 2. The van der Waals surface area contributed by atoms with Crippen molar-refractivity contribution in [3.8, 4) is 0 Å².